The van der Waals surface area contributed by atoms with Crippen molar-refractivity contribution >= 4 is 23.1 Å². The highest BCUT2D eigenvalue weighted by atomic mass is 35.5. The SMILES string of the molecule is COc1cc(OC)cc(C2=C(Cc3ccc(Cl)cc3)C(O)(c3ccccc3OC)OC2=O)c1. The highest BCUT2D eigenvalue weighted by Gasteiger charge is 2.49. The molecule has 6 nitrogen and oxygen atoms in total. The van der Waals surface area contributed by atoms with Crippen LogP contribution in [0, 0.1) is 0 Å². The summed E-state index contributed by atoms with van der Waals surface area (Å²) in [6, 6.07) is 19.2. The molecule has 1 unspecified atom stereocenters. The Morgan fingerprint density at radius 1 is 0.909 bits per heavy atom. The van der Waals surface area contributed by atoms with Gasteiger partial charge >= 0.3 is 5.97 Å². The van der Waals surface area contributed by atoms with E-state index in [4.69, 9.17) is 30.5 Å². The number of carbonyl (C=O) groups excluding carboxylic acids is 1. The zero-order chi connectivity index (χ0) is 23.6. The fourth-order valence-electron chi connectivity index (χ4n) is 3.94. The van der Waals surface area contributed by atoms with Gasteiger partial charge in [-0.2, -0.15) is 0 Å². The first kappa shape index (κ1) is 22.7. The highest BCUT2D eigenvalue weighted by molar-refractivity contribution is 6.30. The van der Waals surface area contributed by atoms with Crippen molar-refractivity contribution in [3.63, 3.8) is 0 Å². The van der Waals surface area contributed by atoms with E-state index in [2.05, 4.69) is 0 Å². The fraction of sp³-hybridized carbons (Fsp3) is 0.192. The number of halogens is 1. The molecule has 1 atom stereocenters. The number of esters is 1. The third kappa shape index (κ3) is 4.27. The third-order valence-electron chi connectivity index (χ3n) is 5.56. The van der Waals surface area contributed by atoms with E-state index in [9.17, 15) is 9.90 Å². The summed E-state index contributed by atoms with van der Waals surface area (Å²) in [6.07, 6.45) is 0.228. The van der Waals surface area contributed by atoms with E-state index in [1.165, 1.54) is 21.3 Å². The second-order valence-electron chi connectivity index (χ2n) is 7.49. The molecule has 0 aromatic heterocycles. The van der Waals surface area contributed by atoms with Gasteiger partial charge in [0.2, 0.25) is 0 Å². The van der Waals surface area contributed by atoms with Gasteiger partial charge in [-0.05, 0) is 47.5 Å². The molecule has 1 aliphatic rings. The molecule has 0 bridgehead atoms. The molecule has 3 aromatic carbocycles. The first-order chi connectivity index (χ1) is 15.9. The Hall–Kier alpha value is -3.48. The summed E-state index contributed by atoms with van der Waals surface area (Å²) in [5, 5.41) is 12.4. The monoisotopic (exact) mass is 466 g/mol. The summed E-state index contributed by atoms with van der Waals surface area (Å²) in [6.45, 7) is 0. The predicted octanol–water partition coefficient (Wildman–Crippen LogP) is 4.76. The van der Waals surface area contributed by atoms with Crippen LogP contribution in [-0.2, 0) is 21.7 Å². The number of methoxy groups -OCH3 is 3. The Bertz CT molecular complexity index is 1200. The van der Waals surface area contributed by atoms with Gasteiger partial charge in [0.1, 0.15) is 17.2 Å². The molecule has 0 spiro atoms. The van der Waals surface area contributed by atoms with Crippen molar-refractivity contribution in [3.8, 4) is 17.2 Å². The van der Waals surface area contributed by atoms with Crippen LogP contribution in [0.15, 0.2) is 72.3 Å². The van der Waals surface area contributed by atoms with E-state index in [0.717, 1.165) is 5.56 Å². The molecule has 4 rings (SSSR count). The first-order valence-corrected chi connectivity index (χ1v) is 10.6. The molecule has 33 heavy (non-hydrogen) atoms. The van der Waals surface area contributed by atoms with Crippen LogP contribution in [0.25, 0.3) is 5.57 Å². The van der Waals surface area contributed by atoms with Gasteiger partial charge in [-0.25, -0.2) is 4.79 Å². The summed E-state index contributed by atoms with van der Waals surface area (Å²) in [4.78, 5) is 13.2. The lowest BCUT2D eigenvalue weighted by Crippen LogP contribution is -2.30. The molecular weight excluding hydrogens is 444 g/mol. The highest BCUT2D eigenvalue weighted by Crippen LogP contribution is 2.47. The van der Waals surface area contributed by atoms with Crippen LogP contribution in [0.5, 0.6) is 17.2 Å². The van der Waals surface area contributed by atoms with Gasteiger partial charge in [0.25, 0.3) is 5.79 Å². The summed E-state index contributed by atoms with van der Waals surface area (Å²) in [5.74, 6) is -1.30. The van der Waals surface area contributed by atoms with Crippen LogP contribution in [0.2, 0.25) is 5.02 Å². The Morgan fingerprint density at radius 3 is 2.15 bits per heavy atom. The number of carbonyl (C=O) groups is 1. The van der Waals surface area contributed by atoms with Gasteiger partial charge in [0.15, 0.2) is 0 Å². The first-order valence-electron chi connectivity index (χ1n) is 10.2. The molecule has 0 radical (unpaired) electrons. The van der Waals surface area contributed by atoms with E-state index in [1.807, 2.05) is 12.1 Å². The Labute approximate surface area is 196 Å². The molecule has 0 saturated carbocycles. The van der Waals surface area contributed by atoms with Crippen molar-refractivity contribution in [1.82, 2.24) is 0 Å². The molecule has 0 saturated heterocycles. The molecule has 3 aromatic rings. The number of benzene rings is 3. The molecule has 7 heteroatoms. The van der Waals surface area contributed by atoms with Gasteiger partial charge in [0, 0.05) is 23.1 Å². The maximum Gasteiger partial charge on any atom is 0.342 e. The summed E-state index contributed by atoms with van der Waals surface area (Å²) in [7, 11) is 4.55. The minimum atomic E-state index is -2.03. The lowest BCUT2D eigenvalue weighted by molar-refractivity contribution is -0.185. The number of hydrogen-bond acceptors (Lipinski definition) is 6. The fourth-order valence-corrected chi connectivity index (χ4v) is 4.07. The molecular formula is C26H23ClO6. The zero-order valence-electron chi connectivity index (χ0n) is 18.4. The standard InChI is InChI=1S/C26H23ClO6/c1-30-19-13-17(14-20(15-19)31-2)24-22(12-16-8-10-18(27)11-9-16)26(29,33-25(24)28)21-6-4-5-7-23(21)32-3/h4-11,13-15,29H,12H2,1-3H3. The third-order valence-corrected chi connectivity index (χ3v) is 5.81. The van der Waals surface area contributed by atoms with Crippen LogP contribution in [0.4, 0.5) is 0 Å². The Balaban J connectivity index is 1.96. The van der Waals surface area contributed by atoms with E-state index in [-0.39, 0.29) is 12.0 Å². The topological polar surface area (TPSA) is 74.2 Å². The van der Waals surface area contributed by atoms with E-state index >= 15 is 0 Å². The van der Waals surface area contributed by atoms with Crippen molar-refractivity contribution in [2.45, 2.75) is 12.2 Å². The minimum absolute atomic E-state index is 0.228. The number of aliphatic hydroxyl groups is 1. The molecule has 0 aliphatic carbocycles. The van der Waals surface area contributed by atoms with Gasteiger partial charge in [0.05, 0.1) is 32.5 Å². The van der Waals surface area contributed by atoms with Crippen molar-refractivity contribution in [3.05, 3.63) is 94.0 Å². The van der Waals surface area contributed by atoms with Crippen LogP contribution >= 0.6 is 11.6 Å². The lowest BCUT2D eigenvalue weighted by Gasteiger charge is -2.27. The van der Waals surface area contributed by atoms with Gasteiger partial charge in [-0.15, -0.1) is 0 Å². The number of cyclic esters (lactones) is 1. The van der Waals surface area contributed by atoms with Crippen molar-refractivity contribution in [2.75, 3.05) is 21.3 Å². The predicted molar refractivity (Wildman–Crippen MR) is 125 cm³/mol. The Morgan fingerprint density at radius 2 is 1.55 bits per heavy atom. The number of para-hydroxylation sites is 1. The second-order valence-corrected chi connectivity index (χ2v) is 7.93. The molecule has 0 amide bonds. The van der Waals surface area contributed by atoms with Gasteiger partial charge < -0.3 is 24.1 Å². The number of rotatable bonds is 7. The van der Waals surface area contributed by atoms with E-state index < -0.39 is 11.8 Å². The normalized spacial score (nSPS) is 17.7. The minimum Gasteiger partial charge on any atom is -0.497 e. The number of hydrogen-bond donors (Lipinski definition) is 1. The molecule has 0 fully saturated rings. The van der Waals surface area contributed by atoms with Crippen LogP contribution < -0.4 is 14.2 Å². The van der Waals surface area contributed by atoms with E-state index in [1.54, 1.807) is 54.6 Å². The lowest BCUT2D eigenvalue weighted by atomic mass is 9.87. The van der Waals surface area contributed by atoms with Crippen LogP contribution in [0.3, 0.4) is 0 Å². The second kappa shape index (κ2) is 9.17. The van der Waals surface area contributed by atoms with Crippen molar-refractivity contribution in [1.29, 1.82) is 0 Å². The Kier molecular flexibility index (Phi) is 6.31. The van der Waals surface area contributed by atoms with E-state index in [0.29, 0.717) is 39.0 Å². The molecule has 1 heterocycles. The van der Waals surface area contributed by atoms with Crippen molar-refractivity contribution in [2.24, 2.45) is 0 Å². The summed E-state index contributed by atoms with van der Waals surface area (Å²) in [5.41, 5.74) is 2.28. The van der Waals surface area contributed by atoms with Crippen LogP contribution in [-0.4, -0.2) is 32.4 Å². The van der Waals surface area contributed by atoms with Crippen molar-refractivity contribution < 1.29 is 28.8 Å². The zero-order valence-corrected chi connectivity index (χ0v) is 19.2. The average molecular weight is 467 g/mol. The molecule has 1 N–H and O–H groups in total. The maximum absolute atomic E-state index is 13.2. The smallest absolute Gasteiger partial charge is 0.342 e. The molecule has 170 valence electrons. The van der Waals surface area contributed by atoms with Gasteiger partial charge in [-0.1, -0.05) is 35.9 Å². The van der Waals surface area contributed by atoms with Crippen LogP contribution in [0.1, 0.15) is 16.7 Å². The summed E-state index contributed by atoms with van der Waals surface area (Å²) < 4.78 is 21.9. The quantitative estimate of drug-likeness (QED) is 0.506. The average Bonchev–Trinajstić information content (AvgIpc) is 3.09. The maximum atomic E-state index is 13.2. The summed E-state index contributed by atoms with van der Waals surface area (Å²) >= 11 is 6.05. The van der Waals surface area contributed by atoms with Gasteiger partial charge in [-0.3, -0.25) is 0 Å². The molecule has 1 aliphatic heterocycles. The number of ether oxygens (including phenoxy) is 4. The largest absolute Gasteiger partial charge is 0.497 e.